The Morgan fingerprint density at radius 2 is 1.92 bits per heavy atom. The van der Waals surface area contributed by atoms with Crippen molar-refractivity contribution in [2.75, 3.05) is 0 Å². The predicted molar refractivity (Wildman–Crippen MR) is 52.8 cm³/mol. The molecule has 0 aliphatic rings. The van der Waals surface area contributed by atoms with Gasteiger partial charge in [-0.05, 0) is 19.1 Å². The summed E-state index contributed by atoms with van der Waals surface area (Å²) in [5.41, 5.74) is -0.253. The summed E-state index contributed by atoms with van der Waals surface area (Å²) >= 11 is 1.57. The Labute approximate surface area is 77.4 Å². The van der Waals surface area contributed by atoms with Crippen molar-refractivity contribution in [1.29, 1.82) is 0 Å². The largest absolute Gasteiger partial charge is 0.293 e. The highest BCUT2D eigenvalue weighted by atomic mass is 32.1. The summed E-state index contributed by atoms with van der Waals surface area (Å²) in [7, 11) is 0. The predicted octanol–water partition coefficient (Wildman–Crippen LogP) is 3.29. The molecule has 0 saturated heterocycles. The molecule has 0 aromatic carbocycles. The molecule has 1 nitrogen and oxygen atoms in total. The van der Waals surface area contributed by atoms with Crippen molar-refractivity contribution in [2.45, 2.75) is 27.7 Å². The number of hydrogen-bond donors (Lipinski definition) is 0. The average molecular weight is 182 g/mol. The Balaban J connectivity index is 2.93. The Bertz CT molecular complexity index is 291. The van der Waals surface area contributed by atoms with Crippen LogP contribution in [-0.4, -0.2) is 5.78 Å². The number of rotatable bonds is 1. The minimum absolute atomic E-state index is 0.237. The monoisotopic (exact) mass is 182 g/mol. The molecule has 0 aliphatic heterocycles. The molecule has 1 aromatic rings. The van der Waals surface area contributed by atoms with Crippen LogP contribution >= 0.6 is 11.3 Å². The minimum Gasteiger partial charge on any atom is -0.293 e. The first-order chi connectivity index (χ1) is 5.41. The van der Waals surface area contributed by atoms with Crippen LogP contribution in [-0.2, 0) is 0 Å². The highest BCUT2D eigenvalue weighted by Gasteiger charge is 2.23. The second-order valence-electron chi connectivity index (χ2n) is 3.99. The maximum Gasteiger partial charge on any atom is 0.178 e. The summed E-state index contributed by atoms with van der Waals surface area (Å²) in [4.78, 5) is 13.8. The fraction of sp³-hybridized carbons (Fsp3) is 0.500. The first-order valence-electron chi connectivity index (χ1n) is 4.02. The molecular weight excluding hydrogens is 168 g/mol. The molecule has 1 aromatic heterocycles. The summed E-state index contributed by atoms with van der Waals surface area (Å²) in [6.07, 6.45) is 0. The number of ketones is 1. The number of aryl methyl sites for hydroxylation is 1. The van der Waals surface area contributed by atoms with Gasteiger partial charge in [0, 0.05) is 10.3 Å². The van der Waals surface area contributed by atoms with E-state index in [1.165, 1.54) is 4.88 Å². The molecule has 2 heteroatoms. The zero-order valence-electron chi connectivity index (χ0n) is 7.97. The molecule has 12 heavy (non-hydrogen) atoms. The van der Waals surface area contributed by atoms with Gasteiger partial charge in [0.05, 0.1) is 4.88 Å². The van der Waals surface area contributed by atoms with Crippen LogP contribution in [0.4, 0.5) is 0 Å². The number of hydrogen-bond acceptors (Lipinski definition) is 2. The van der Waals surface area contributed by atoms with Gasteiger partial charge in [-0.15, -0.1) is 11.3 Å². The van der Waals surface area contributed by atoms with Crippen molar-refractivity contribution >= 4 is 17.1 Å². The molecule has 0 spiro atoms. The summed E-state index contributed by atoms with van der Waals surface area (Å²) in [5.74, 6) is 0.237. The maximum atomic E-state index is 11.7. The van der Waals surface area contributed by atoms with Gasteiger partial charge >= 0.3 is 0 Å². The van der Waals surface area contributed by atoms with E-state index in [4.69, 9.17) is 0 Å². The van der Waals surface area contributed by atoms with Crippen LogP contribution in [0.2, 0.25) is 0 Å². The van der Waals surface area contributed by atoms with Crippen LogP contribution in [0.1, 0.15) is 35.3 Å². The van der Waals surface area contributed by atoms with Gasteiger partial charge < -0.3 is 0 Å². The van der Waals surface area contributed by atoms with Gasteiger partial charge in [-0.2, -0.15) is 0 Å². The van der Waals surface area contributed by atoms with Crippen LogP contribution < -0.4 is 0 Å². The normalized spacial score (nSPS) is 11.7. The third-order valence-electron chi connectivity index (χ3n) is 1.65. The van der Waals surface area contributed by atoms with Gasteiger partial charge in [-0.3, -0.25) is 4.79 Å². The molecule has 0 radical (unpaired) electrons. The molecule has 0 amide bonds. The molecule has 1 rings (SSSR count). The van der Waals surface area contributed by atoms with Crippen LogP contribution in [0.15, 0.2) is 12.1 Å². The Morgan fingerprint density at radius 1 is 1.33 bits per heavy atom. The van der Waals surface area contributed by atoms with Gasteiger partial charge in [-0.25, -0.2) is 0 Å². The smallest absolute Gasteiger partial charge is 0.178 e. The zero-order chi connectivity index (χ0) is 9.35. The van der Waals surface area contributed by atoms with E-state index in [0.29, 0.717) is 0 Å². The van der Waals surface area contributed by atoms with Crippen LogP contribution in [0, 0.1) is 12.3 Å². The summed E-state index contributed by atoms with van der Waals surface area (Å²) < 4.78 is 0. The lowest BCUT2D eigenvalue weighted by atomic mass is 9.90. The SMILES string of the molecule is Cc1ccc(C(=O)C(C)(C)C)s1. The summed E-state index contributed by atoms with van der Waals surface area (Å²) in [6.45, 7) is 7.86. The fourth-order valence-corrected chi connectivity index (χ4v) is 1.94. The van der Waals surface area contributed by atoms with Crippen LogP contribution in [0.5, 0.6) is 0 Å². The molecule has 0 unspecified atom stereocenters. The van der Waals surface area contributed by atoms with E-state index in [-0.39, 0.29) is 11.2 Å². The van der Waals surface area contributed by atoms with Crippen molar-refractivity contribution in [3.63, 3.8) is 0 Å². The van der Waals surface area contributed by atoms with Gasteiger partial charge in [0.1, 0.15) is 0 Å². The third-order valence-corrected chi connectivity index (χ3v) is 2.64. The molecule has 0 N–H and O–H groups in total. The molecule has 0 aliphatic carbocycles. The second kappa shape index (κ2) is 3.02. The van der Waals surface area contributed by atoms with Gasteiger partial charge in [0.2, 0.25) is 0 Å². The Hall–Kier alpha value is -0.630. The van der Waals surface area contributed by atoms with E-state index >= 15 is 0 Å². The first-order valence-corrected chi connectivity index (χ1v) is 4.84. The second-order valence-corrected chi connectivity index (χ2v) is 5.28. The van der Waals surface area contributed by atoms with Crippen molar-refractivity contribution in [3.8, 4) is 0 Å². The molecular formula is C10H14OS. The highest BCUT2D eigenvalue weighted by molar-refractivity contribution is 7.14. The van der Waals surface area contributed by atoms with Gasteiger partial charge in [0.25, 0.3) is 0 Å². The van der Waals surface area contributed by atoms with Crippen molar-refractivity contribution in [2.24, 2.45) is 5.41 Å². The third kappa shape index (κ3) is 1.95. The summed E-state index contributed by atoms with van der Waals surface area (Å²) in [5, 5.41) is 0. The topological polar surface area (TPSA) is 17.1 Å². The molecule has 1 heterocycles. The molecule has 0 atom stereocenters. The molecule has 0 saturated carbocycles. The van der Waals surface area contributed by atoms with E-state index < -0.39 is 0 Å². The quantitative estimate of drug-likeness (QED) is 0.609. The lowest BCUT2D eigenvalue weighted by Gasteiger charge is -2.14. The number of carbonyl (C=O) groups is 1. The standard InChI is InChI=1S/C10H14OS/c1-7-5-6-8(12-7)9(11)10(2,3)4/h5-6H,1-4H3. The molecule has 0 fully saturated rings. The average Bonchev–Trinajstić information content (AvgIpc) is 2.32. The maximum absolute atomic E-state index is 11.7. The molecule has 66 valence electrons. The Kier molecular flexibility index (Phi) is 2.38. The lowest BCUT2D eigenvalue weighted by molar-refractivity contribution is 0.0863. The molecule has 0 bridgehead atoms. The number of thiophene rings is 1. The summed E-state index contributed by atoms with van der Waals surface area (Å²) in [6, 6.07) is 3.90. The van der Waals surface area contributed by atoms with Crippen LogP contribution in [0.25, 0.3) is 0 Å². The van der Waals surface area contributed by atoms with E-state index in [1.54, 1.807) is 11.3 Å². The van der Waals surface area contributed by atoms with Crippen molar-refractivity contribution in [3.05, 3.63) is 21.9 Å². The highest BCUT2D eigenvalue weighted by Crippen LogP contribution is 2.25. The van der Waals surface area contributed by atoms with Crippen LogP contribution in [0.3, 0.4) is 0 Å². The van der Waals surface area contributed by atoms with Gasteiger partial charge in [0.15, 0.2) is 5.78 Å². The number of carbonyl (C=O) groups excluding carboxylic acids is 1. The van der Waals surface area contributed by atoms with Crippen molar-refractivity contribution in [1.82, 2.24) is 0 Å². The van der Waals surface area contributed by atoms with E-state index in [1.807, 2.05) is 39.8 Å². The van der Waals surface area contributed by atoms with E-state index in [0.717, 1.165) is 4.88 Å². The first kappa shape index (κ1) is 9.46. The van der Waals surface area contributed by atoms with E-state index in [9.17, 15) is 4.79 Å². The minimum atomic E-state index is -0.253. The lowest BCUT2D eigenvalue weighted by Crippen LogP contribution is -2.18. The fourth-order valence-electron chi connectivity index (χ4n) is 0.926. The van der Waals surface area contributed by atoms with Gasteiger partial charge in [-0.1, -0.05) is 20.8 Å². The number of Topliss-reactive ketones (excluding diaryl/α,β-unsaturated/α-hetero) is 1. The zero-order valence-corrected chi connectivity index (χ0v) is 8.79. The van der Waals surface area contributed by atoms with Crippen molar-refractivity contribution < 1.29 is 4.79 Å². The van der Waals surface area contributed by atoms with E-state index in [2.05, 4.69) is 0 Å². The Morgan fingerprint density at radius 3 is 2.25 bits per heavy atom.